The molecule has 0 spiro atoms. The molecular weight excluding hydrogens is 232 g/mol. The molecule has 0 amide bonds. The fraction of sp³-hybridized carbons (Fsp3) is 0.929. The summed E-state index contributed by atoms with van der Waals surface area (Å²) in [5.74, 6) is -0.457. The van der Waals surface area contributed by atoms with Crippen molar-refractivity contribution in [1.29, 1.82) is 0 Å². The molecule has 0 aliphatic heterocycles. The molecule has 1 aliphatic carbocycles. The average molecular weight is 258 g/mol. The highest BCUT2D eigenvalue weighted by Crippen LogP contribution is 2.32. The van der Waals surface area contributed by atoms with Crippen LogP contribution in [-0.4, -0.2) is 34.5 Å². The summed E-state index contributed by atoms with van der Waals surface area (Å²) in [7, 11) is 0. The minimum atomic E-state index is -0.822. The zero-order valence-electron chi connectivity index (χ0n) is 11.7. The van der Waals surface area contributed by atoms with Gasteiger partial charge in [0, 0.05) is 0 Å². The Bertz CT molecular complexity index is 267. The standard InChI is InChI=1S/C14H26O4/c1-10(2)8-11(3)18-9-14(17)6-4-12(5-7-14)13(15)16/h10-12,17H,4-9H2,1-3H3,(H,15,16). The third-order valence-corrected chi connectivity index (χ3v) is 3.71. The Balaban J connectivity index is 2.32. The van der Waals surface area contributed by atoms with E-state index < -0.39 is 11.6 Å². The summed E-state index contributed by atoms with van der Waals surface area (Å²) >= 11 is 0. The number of ether oxygens (including phenoxy) is 1. The molecule has 18 heavy (non-hydrogen) atoms. The Morgan fingerprint density at radius 2 is 1.89 bits per heavy atom. The van der Waals surface area contributed by atoms with E-state index in [2.05, 4.69) is 13.8 Å². The number of rotatable bonds is 6. The van der Waals surface area contributed by atoms with E-state index in [1.54, 1.807) is 0 Å². The normalized spacial score (nSPS) is 30.4. The Morgan fingerprint density at radius 1 is 1.33 bits per heavy atom. The van der Waals surface area contributed by atoms with Gasteiger partial charge in [0.25, 0.3) is 0 Å². The minimum absolute atomic E-state index is 0.145. The first kappa shape index (κ1) is 15.4. The highest BCUT2D eigenvalue weighted by atomic mass is 16.5. The monoisotopic (exact) mass is 258 g/mol. The number of hydrogen-bond acceptors (Lipinski definition) is 3. The van der Waals surface area contributed by atoms with Crippen LogP contribution in [0.2, 0.25) is 0 Å². The quantitative estimate of drug-likeness (QED) is 0.768. The van der Waals surface area contributed by atoms with Crippen molar-refractivity contribution in [2.45, 2.75) is 64.6 Å². The molecule has 4 nitrogen and oxygen atoms in total. The number of carboxylic acid groups (broad SMARTS) is 1. The number of aliphatic hydroxyl groups is 1. The third kappa shape index (κ3) is 4.94. The molecule has 0 heterocycles. The van der Waals surface area contributed by atoms with Gasteiger partial charge < -0.3 is 14.9 Å². The van der Waals surface area contributed by atoms with Crippen LogP contribution in [-0.2, 0) is 9.53 Å². The summed E-state index contributed by atoms with van der Waals surface area (Å²) in [6.07, 6.45) is 3.28. The van der Waals surface area contributed by atoms with Gasteiger partial charge in [0.05, 0.1) is 24.2 Å². The first-order chi connectivity index (χ1) is 8.32. The van der Waals surface area contributed by atoms with Gasteiger partial charge >= 0.3 is 5.97 Å². The summed E-state index contributed by atoms with van der Waals surface area (Å²) in [6.45, 7) is 6.64. The molecular formula is C14H26O4. The van der Waals surface area contributed by atoms with Gasteiger partial charge in [0.1, 0.15) is 0 Å². The summed E-state index contributed by atoms with van der Waals surface area (Å²) in [5, 5.41) is 19.2. The van der Waals surface area contributed by atoms with Crippen LogP contribution in [0, 0.1) is 11.8 Å². The molecule has 1 rings (SSSR count). The van der Waals surface area contributed by atoms with Crippen molar-refractivity contribution in [3.8, 4) is 0 Å². The minimum Gasteiger partial charge on any atom is -0.481 e. The van der Waals surface area contributed by atoms with Crippen LogP contribution in [0.4, 0.5) is 0 Å². The Hall–Kier alpha value is -0.610. The van der Waals surface area contributed by atoms with Gasteiger partial charge in [-0.25, -0.2) is 0 Å². The van der Waals surface area contributed by atoms with Crippen LogP contribution in [0.5, 0.6) is 0 Å². The van der Waals surface area contributed by atoms with Gasteiger partial charge in [0.15, 0.2) is 0 Å². The van der Waals surface area contributed by atoms with E-state index in [1.165, 1.54) is 0 Å². The van der Waals surface area contributed by atoms with Gasteiger partial charge in [-0.2, -0.15) is 0 Å². The molecule has 0 aromatic rings. The van der Waals surface area contributed by atoms with Crippen molar-refractivity contribution >= 4 is 5.97 Å². The molecule has 0 radical (unpaired) electrons. The highest BCUT2D eigenvalue weighted by Gasteiger charge is 2.36. The van der Waals surface area contributed by atoms with E-state index in [0.717, 1.165) is 6.42 Å². The highest BCUT2D eigenvalue weighted by molar-refractivity contribution is 5.70. The van der Waals surface area contributed by atoms with Gasteiger partial charge in [-0.05, 0) is 44.9 Å². The van der Waals surface area contributed by atoms with E-state index in [9.17, 15) is 9.90 Å². The molecule has 1 atom stereocenters. The van der Waals surface area contributed by atoms with Crippen LogP contribution in [0.3, 0.4) is 0 Å². The van der Waals surface area contributed by atoms with Crippen LogP contribution < -0.4 is 0 Å². The van der Waals surface area contributed by atoms with Crippen molar-refractivity contribution < 1.29 is 19.7 Å². The number of hydrogen-bond donors (Lipinski definition) is 2. The molecule has 4 heteroatoms. The van der Waals surface area contributed by atoms with Crippen LogP contribution >= 0.6 is 0 Å². The summed E-state index contributed by atoms with van der Waals surface area (Å²) in [6, 6.07) is 0. The molecule has 1 saturated carbocycles. The molecule has 1 fully saturated rings. The molecule has 106 valence electrons. The molecule has 0 aromatic carbocycles. The second kappa shape index (κ2) is 6.53. The second-order valence-electron chi connectivity index (χ2n) is 6.09. The van der Waals surface area contributed by atoms with Crippen molar-refractivity contribution in [2.75, 3.05) is 6.61 Å². The summed E-state index contributed by atoms with van der Waals surface area (Å²) < 4.78 is 5.69. The van der Waals surface area contributed by atoms with E-state index in [4.69, 9.17) is 9.84 Å². The smallest absolute Gasteiger partial charge is 0.306 e. The third-order valence-electron chi connectivity index (χ3n) is 3.71. The fourth-order valence-electron chi connectivity index (χ4n) is 2.58. The lowest BCUT2D eigenvalue weighted by atomic mass is 9.79. The van der Waals surface area contributed by atoms with E-state index >= 15 is 0 Å². The SMILES string of the molecule is CC(C)CC(C)OCC1(O)CCC(C(=O)O)CC1. The van der Waals surface area contributed by atoms with Gasteiger partial charge in [-0.15, -0.1) is 0 Å². The van der Waals surface area contributed by atoms with E-state index in [-0.39, 0.29) is 12.0 Å². The van der Waals surface area contributed by atoms with Gasteiger partial charge in [-0.1, -0.05) is 13.8 Å². The lowest BCUT2D eigenvalue weighted by Gasteiger charge is -2.35. The molecule has 1 unspecified atom stereocenters. The number of carbonyl (C=O) groups is 1. The zero-order chi connectivity index (χ0) is 13.8. The maximum atomic E-state index is 10.8. The summed E-state index contributed by atoms with van der Waals surface area (Å²) in [4.78, 5) is 10.8. The Kier molecular flexibility index (Phi) is 5.60. The van der Waals surface area contributed by atoms with Gasteiger partial charge in [-0.3, -0.25) is 4.79 Å². The van der Waals surface area contributed by atoms with Crippen molar-refractivity contribution in [3.63, 3.8) is 0 Å². The van der Waals surface area contributed by atoms with Gasteiger partial charge in [0.2, 0.25) is 0 Å². The maximum Gasteiger partial charge on any atom is 0.306 e. The summed E-state index contributed by atoms with van der Waals surface area (Å²) in [5.41, 5.74) is -0.822. The second-order valence-corrected chi connectivity index (χ2v) is 6.09. The molecule has 0 bridgehead atoms. The first-order valence-electron chi connectivity index (χ1n) is 6.89. The Morgan fingerprint density at radius 3 is 2.33 bits per heavy atom. The first-order valence-corrected chi connectivity index (χ1v) is 6.89. The van der Waals surface area contributed by atoms with Crippen LogP contribution in [0.25, 0.3) is 0 Å². The van der Waals surface area contributed by atoms with E-state index in [0.29, 0.717) is 38.2 Å². The average Bonchev–Trinajstić information content (AvgIpc) is 2.26. The molecule has 0 saturated heterocycles. The topological polar surface area (TPSA) is 66.8 Å². The maximum absolute atomic E-state index is 10.8. The molecule has 0 aromatic heterocycles. The van der Waals surface area contributed by atoms with Crippen molar-refractivity contribution in [3.05, 3.63) is 0 Å². The predicted octanol–water partition coefficient (Wildman–Crippen LogP) is 2.44. The fourth-order valence-corrected chi connectivity index (χ4v) is 2.58. The number of carboxylic acids is 1. The van der Waals surface area contributed by atoms with Crippen molar-refractivity contribution in [2.24, 2.45) is 11.8 Å². The van der Waals surface area contributed by atoms with Crippen LogP contribution in [0.1, 0.15) is 52.9 Å². The number of aliphatic carboxylic acids is 1. The molecule has 2 N–H and O–H groups in total. The largest absolute Gasteiger partial charge is 0.481 e. The zero-order valence-corrected chi connectivity index (χ0v) is 11.7. The Labute approximate surface area is 109 Å². The lowest BCUT2D eigenvalue weighted by Crippen LogP contribution is -2.41. The van der Waals surface area contributed by atoms with Crippen molar-refractivity contribution in [1.82, 2.24) is 0 Å². The molecule has 1 aliphatic rings. The predicted molar refractivity (Wildman–Crippen MR) is 69.4 cm³/mol. The van der Waals surface area contributed by atoms with Crippen LogP contribution in [0.15, 0.2) is 0 Å². The van der Waals surface area contributed by atoms with E-state index in [1.807, 2.05) is 6.92 Å². The lowest BCUT2D eigenvalue weighted by molar-refractivity contribution is -0.147.